The normalized spacial score (nSPS) is 15.7. The number of ether oxygens (including phenoxy) is 1. The van der Waals surface area contributed by atoms with Gasteiger partial charge < -0.3 is 15.0 Å². The highest BCUT2D eigenvalue weighted by atomic mass is 35.5. The lowest BCUT2D eigenvalue weighted by molar-refractivity contribution is -0.140. The Hall–Kier alpha value is -2.31. The first-order valence-corrected chi connectivity index (χ1v) is 10.1. The van der Waals surface area contributed by atoms with Gasteiger partial charge >= 0.3 is 0 Å². The molecule has 2 amide bonds. The van der Waals surface area contributed by atoms with Crippen LogP contribution in [0, 0.1) is 11.7 Å². The summed E-state index contributed by atoms with van der Waals surface area (Å²) < 4.78 is 18.9. The van der Waals surface area contributed by atoms with Crippen molar-refractivity contribution in [2.75, 3.05) is 18.4 Å². The number of amides is 2. The van der Waals surface area contributed by atoms with Crippen LogP contribution in [0.15, 0.2) is 42.5 Å². The first kappa shape index (κ1) is 21.4. The maximum absolute atomic E-state index is 13.2. The molecule has 2 aromatic rings. The smallest absolute Gasteiger partial charge is 0.263 e. The Morgan fingerprint density at radius 2 is 1.79 bits per heavy atom. The van der Waals surface area contributed by atoms with Gasteiger partial charge in [-0.25, -0.2) is 4.39 Å². The van der Waals surface area contributed by atoms with Crippen LogP contribution in [0.2, 0.25) is 10.0 Å². The largest absolute Gasteiger partial charge is 0.481 e. The van der Waals surface area contributed by atoms with Crippen LogP contribution in [0.25, 0.3) is 0 Å². The highest BCUT2D eigenvalue weighted by molar-refractivity contribution is 6.31. The quantitative estimate of drug-likeness (QED) is 0.730. The van der Waals surface area contributed by atoms with E-state index in [0.29, 0.717) is 42.4 Å². The first-order valence-electron chi connectivity index (χ1n) is 9.30. The molecule has 0 saturated carbocycles. The number of hydrogen-bond donors (Lipinski definition) is 1. The predicted molar refractivity (Wildman–Crippen MR) is 111 cm³/mol. The van der Waals surface area contributed by atoms with Gasteiger partial charge in [0.25, 0.3) is 5.91 Å². The standard InChI is InChI=1S/C21H21Cl2FN2O3/c1-13(29-17-5-2-15(22)3-6-17)21(28)26-10-8-14(9-11-26)20(27)25-16-4-7-19(24)18(23)12-16/h2-7,12-14H,8-11H2,1H3,(H,25,27). The summed E-state index contributed by atoms with van der Waals surface area (Å²) in [5.41, 5.74) is 0.449. The summed E-state index contributed by atoms with van der Waals surface area (Å²) in [5, 5.41) is 3.31. The third-order valence-corrected chi connectivity index (χ3v) is 5.38. The third-order valence-electron chi connectivity index (χ3n) is 4.84. The van der Waals surface area contributed by atoms with E-state index >= 15 is 0 Å². The van der Waals surface area contributed by atoms with Crippen molar-refractivity contribution in [3.05, 3.63) is 58.3 Å². The average Bonchev–Trinajstić information content (AvgIpc) is 2.72. The van der Waals surface area contributed by atoms with E-state index in [2.05, 4.69) is 5.32 Å². The minimum Gasteiger partial charge on any atom is -0.481 e. The first-order chi connectivity index (χ1) is 13.8. The number of halogens is 3. The second kappa shape index (κ2) is 9.46. The molecule has 2 aromatic carbocycles. The lowest BCUT2D eigenvalue weighted by Gasteiger charge is -2.33. The fraction of sp³-hybridized carbons (Fsp3) is 0.333. The van der Waals surface area contributed by atoms with E-state index < -0.39 is 11.9 Å². The predicted octanol–water partition coefficient (Wildman–Crippen LogP) is 4.78. The molecule has 8 heteroatoms. The molecule has 1 N–H and O–H groups in total. The van der Waals surface area contributed by atoms with Crippen LogP contribution in [-0.4, -0.2) is 35.9 Å². The third kappa shape index (κ3) is 5.61. The Kier molecular flexibility index (Phi) is 6.98. The number of nitrogens with one attached hydrogen (secondary N) is 1. The number of piperidine rings is 1. The van der Waals surface area contributed by atoms with Crippen molar-refractivity contribution in [3.8, 4) is 5.75 Å². The zero-order valence-electron chi connectivity index (χ0n) is 15.8. The molecule has 3 rings (SSSR count). The molecular formula is C21H21Cl2FN2O3. The van der Waals surface area contributed by atoms with E-state index in [9.17, 15) is 14.0 Å². The second-order valence-electron chi connectivity index (χ2n) is 6.93. The summed E-state index contributed by atoms with van der Waals surface area (Å²) in [4.78, 5) is 26.8. The van der Waals surface area contributed by atoms with Gasteiger partial charge in [-0.3, -0.25) is 9.59 Å². The van der Waals surface area contributed by atoms with Gasteiger partial charge in [-0.05, 0) is 62.2 Å². The summed E-state index contributed by atoms with van der Waals surface area (Å²) >= 11 is 11.6. The monoisotopic (exact) mass is 438 g/mol. The van der Waals surface area contributed by atoms with Crippen molar-refractivity contribution < 1.29 is 18.7 Å². The van der Waals surface area contributed by atoms with Gasteiger partial charge in [0.2, 0.25) is 5.91 Å². The molecule has 0 radical (unpaired) electrons. The van der Waals surface area contributed by atoms with Gasteiger partial charge in [0.1, 0.15) is 11.6 Å². The van der Waals surface area contributed by atoms with Gasteiger partial charge in [-0.15, -0.1) is 0 Å². The maximum atomic E-state index is 13.2. The molecule has 0 aromatic heterocycles. The lowest BCUT2D eigenvalue weighted by Crippen LogP contribution is -2.46. The average molecular weight is 439 g/mol. The highest BCUT2D eigenvalue weighted by Gasteiger charge is 2.30. The second-order valence-corrected chi connectivity index (χ2v) is 7.78. The fourth-order valence-corrected chi connectivity index (χ4v) is 3.51. The van der Waals surface area contributed by atoms with Crippen LogP contribution < -0.4 is 10.1 Å². The molecule has 1 unspecified atom stereocenters. The molecule has 1 saturated heterocycles. The van der Waals surface area contributed by atoms with E-state index in [4.69, 9.17) is 27.9 Å². The number of hydrogen-bond acceptors (Lipinski definition) is 3. The van der Waals surface area contributed by atoms with E-state index in [1.165, 1.54) is 18.2 Å². The van der Waals surface area contributed by atoms with Crippen molar-refractivity contribution in [1.82, 2.24) is 4.90 Å². The number of rotatable bonds is 5. The maximum Gasteiger partial charge on any atom is 0.263 e. The number of benzene rings is 2. The number of carbonyl (C=O) groups is 2. The highest BCUT2D eigenvalue weighted by Crippen LogP contribution is 2.24. The number of nitrogens with zero attached hydrogens (tertiary/aromatic N) is 1. The molecule has 1 atom stereocenters. The van der Waals surface area contributed by atoms with Crippen molar-refractivity contribution in [1.29, 1.82) is 0 Å². The molecule has 1 fully saturated rings. The van der Waals surface area contributed by atoms with Crippen LogP contribution in [0.4, 0.5) is 10.1 Å². The Balaban J connectivity index is 1.49. The zero-order valence-corrected chi connectivity index (χ0v) is 17.3. The van der Waals surface area contributed by atoms with E-state index in [1.54, 1.807) is 36.1 Å². The molecule has 5 nitrogen and oxygen atoms in total. The summed E-state index contributed by atoms with van der Waals surface area (Å²) in [6, 6.07) is 10.9. The van der Waals surface area contributed by atoms with Crippen LogP contribution >= 0.6 is 23.2 Å². The SMILES string of the molecule is CC(Oc1ccc(Cl)cc1)C(=O)N1CCC(C(=O)Nc2ccc(F)c(Cl)c2)CC1. The zero-order chi connectivity index (χ0) is 21.0. The Morgan fingerprint density at radius 1 is 1.14 bits per heavy atom. The summed E-state index contributed by atoms with van der Waals surface area (Å²) in [5.74, 6) is -0.473. The summed E-state index contributed by atoms with van der Waals surface area (Å²) in [6.07, 6.45) is 0.447. The van der Waals surface area contributed by atoms with Crippen molar-refractivity contribution in [3.63, 3.8) is 0 Å². The molecule has 0 aliphatic carbocycles. The van der Waals surface area contributed by atoms with Crippen molar-refractivity contribution >= 4 is 40.7 Å². The molecule has 1 aliphatic heterocycles. The van der Waals surface area contributed by atoms with E-state index in [1.807, 2.05) is 0 Å². The molecular weight excluding hydrogens is 418 g/mol. The van der Waals surface area contributed by atoms with Crippen LogP contribution in [-0.2, 0) is 9.59 Å². The lowest BCUT2D eigenvalue weighted by atomic mass is 9.95. The van der Waals surface area contributed by atoms with Crippen molar-refractivity contribution in [2.45, 2.75) is 25.9 Å². The Labute approximate surface area is 178 Å². The number of carbonyl (C=O) groups excluding carboxylic acids is 2. The molecule has 1 heterocycles. The van der Waals surface area contributed by atoms with Gasteiger partial charge in [0.05, 0.1) is 5.02 Å². The molecule has 0 bridgehead atoms. The Bertz CT molecular complexity index is 884. The van der Waals surface area contributed by atoms with Gasteiger partial charge in [0.15, 0.2) is 6.10 Å². The molecule has 1 aliphatic rings. The minimum atomic E-state index is -0.636. The fourth-order valence-electron chi connectivity index (χ4n) is 3.21. The van der Waals surface area contributed by atoms with Crippen LogP contribution in [0.3, 0.4) is 0 Å². The molecule has 0 spiro atoms. The minimum absolute atomic E-state index is 0.0436. The van der Waals surface area contributed by atoms with E-state index in [0.717, 1.165) is 0 Å². The topological polar surface area (TPSA) is 58.6 Å². The van der Waals surface area contributed by atoms with Crippen molar-refractivity contribution in [2.24, 2.45) is 5.92 Å². The Morgan fingerprint density at radius 3 is 2.41 bits per heavy atom. The molecule has 29 heavy (non-hydrogen) atoms. The van der Waals surface area contributed by atoms with Gasteiger partial charge in [-0.1, -0.05) is 23.2 Å². The van der Waals surface area contributed by atoms with Crippen LogP contribution in [0.1, 0.15) is 19.8 Å². The number of anilines is 1. The van der Waals surface area contributed by atoms with Gasteiger partial charge in [-0.2, -0.15) is 0 Å². The number of likely N-dealkylation sites (tertiary alicyclic amines) is 1. The van der Waals surface area contributed by atoms with Gasteiger partial charge in [0, 0.05) is 29.7 Å². The van der Waals surface area contributed by atoms with E-state index in [-0.39, 0.29) is 22.8 Å². The summed E-state index contributed by atoms with van der Waals surface area (Å²) in [7, 11) is 0. The summed E-state index contributed by atoms with van der Waals surface area (Å²) in [6.45, 7) is 2.64. The van der Waals surface area contributed by atoms with Crippen LogP contribution in [0.5, 0.6) is 5.75 Å². The molecule has 154 valence electrons.